The first-order chi connectivity index (χ1) is 5.70. The summed E-state index contributed by atoms with van der Waals surface area (Å²) in [5.41, 5.74) is 0.456. The lowest BCUT2D eigenvalue weighted by molar-refractivity contribution is 0.365. The van der Waals surface area contributed by atoms with Crippen LogP contribution in [0.15, 0.2) is 23.2 Å². The number of hydrogen-bond acceptors (Lipinski definition) is 2. The molecule has 0 aliphatic rings. The van der Waals surface area contributed by atoms with Crippen molar-refractivity contribution < 1.29 is 4.39 Å². The highest BCUT2D eigenvalue weighted by Crippen LogP contribution is 2.14. The first-order valence-electron chi connectivity index (χ1n) is 3.99. The van der Waals surface area contributed by atoms with E-state index in [1.807, 2.05) is 13.8 Å². The Bertz CT molecular complexity index is 208. The lowest BCUT2D eigenvalue weighted by Crippen LogP contribution is -1.88. The van der Waals surface area contributed by atoms with Gasteiger partial charge in [0.1, 0.15) is 6.17 Å². The molecule has 0 spiro atoms. The van der Waals surface area contributed by atoms with Crippen LogP contribution >= 0.6 is 12.6 Å². The number of halogens is 1. The fourth-order valence-corrected chi connectivity index (χ4v) is 0.765. The molecule has 68 valence electrons. The smallest absolute Gasteiger partial charge is 0.139 e. The zero-order chi connectivity index (χ0) is 9.56. The van der Waals surface area contributed by atoms with Gasteiger partial charge in [0, 0.05) is 11.1 Å². The lowest BCUT2D eigenvalue weighted by Gasteiger charge is -1.98. The summed E-state index contributed by atoms with van der Waals surface area (Å²) in [5.74, 6) is 0. The van der Waals surface area contributed by atoms with Crippen LogP contribution in [0.3, 0.4) is 0 Å². The predicted molar refractivity (Wildman–Crippen MR) is 52.4 cm³/mol. The Morgan fingerprint density at radius 2 is 2.00 bits per heavy atom. The number of thiol groups is 1. The number of aromatic nitrogens is 1. The van der Waals surface area contributed by atoms with E-state index in [2.05, 4.69) is 17.6 Å². The van der Waals surface area contributed by atoms with Crippen LogP contribution in [0.5, 0.6) is 0 Å². The van der Waals surface area contributed by atoms with Gasteiger partial charge in [-0.25, -0.2) is 4.39 Å². The van der Waals surface area contributed by atoms with Crippen molar-refractivity contribution in [1.29, 1.82) is 0 Å². The first kappa shape index (κ1) is 11.4. The molecule has 0 aromatic carbocycles. The molecule has 1 unspecified atom stereocenters. The molecule has 1 atom stereocenters. The third kappa shape index (κ3) is 3.72. The van der Waals surface area contributed by atoms with Crippen LogP contribution < -0.4 is 0 Å². The molecular weight excluding hydrogens is 173 g/mol. The van der Waals surface area contributed by atoms with Gasteiger partial charge >= 0.3 is 0 Å². The molecule has 0 fully saturated rings. The first-order valence-corrected chi connectivity index (χ1v) is 4.44. The maximum Gasteiger partial charge on any atom is 0.139 e. The van der Waals surface area contributed by atoms with Crippen molar-refractivity contribution in [1.82, 2.24) is 4.98 Å². The molecule has 0 bridgehead atoms. The van der Waals surface area contributed by atoms with Gasteiger partial charge in [0.2, 0.25) is 0 Å². The van der Waals surface area contributed by atoms with Crippen molar-refractivity contribution in [3.8, 4) is 0 Å². The Labute approximate surface area is 78.4 Å². The number of hydrogen-bond donors (Lipinski definition) is 1. The summed E-state index contributed by atoms with van der Waals surface area (Å²) in [6.45, 7) is 5.46. The molecule has 1 aromatic heterocycles. The summed E-state index contributed by atoms with van der Waals surface area (Å²) in [5, 5.41) is 0. The van der Waals surface area contributed by atoms with Gasteiger partial charge in [0.15, 0.2) is 0 Å². The maximum atomic E-state index is 12.5. The van der Waals surface area contributed by atoms with Crippen LogP contribution in [0, 0.1) is 0 Å². The van der Waals surface area contributed by atoms with E-state index in [1.165, 1.54) is 13.1 Å². The summed E-state index contributed by atoms with van der Waals surface area (Å²) in [4.78, 5) is 4.58. The molecule has 0 saturated heterocycles. The van der Waals surface area contributed by atoms with Gasteiger partial charge in [-0.05, 0) is 19.1 Å². The third-order valence-corrected chi connectivity index (χ3v) is 1.44. The van der Waals surface area contributed by atoms with Crippen LogP contribution in [0.4, 0.5) is 4.39 Å². The number of pyridine rings is 1. The average molecular weight is 187 g/mol. The molecular formula is C9H14FNS. The van der Waals surface area contributed by atoms with E-state index in [0.717, 1.165) is 4.90 Å². The zero-order valence-electron chi connectivity index (χ0n) is 7.58. The van der Waals surface area contributed by atoms with Gasteiger partial charge in [-0.1, -0.05) is 13.8 Å². The van der Waals surface area contributed by atoms with Crippen molar-refractivity contribution >= 4 is 12.6 Å². The monoisotopic (exact) mass is 187 g/mol. The normalized spacial score (nSPS) is 11.4. The standard InChI is InChI=1S/C7H8FNS.C2H6/c1-5(8)7-3-2-6(10)4-9-7;1-2/h2-5,10H,1H3;1-2H3. The maximum absolute atomic E-state index is 12.5. The van der Waals surface area contributed by atoms with Gasteiger partial charge < -0.3 is 0 Å². The molecule has 0 N–H and O–H groups in total. The highest BCUT2D eigenvalue weighted by Gasteiger charge is 2.01. The molecule has 0 amide bonds. The van der Waals surface area contributed by atoms with E-state index in [4.69, 9.17) is 0 Å². The highest BCUT2D eigenvalue weighted by molar-refractivity contribution is 7.80. The third-order valence-electron chi connectivity index (χ3n) is 1.18. The van der Waals surface area contributed by atoms with Gasteiger partial charge in [0.05, 0.1) is 5.69 Å². The average Bonchev–Trinajstić information content (AvgIpc) is 2.09. The number of alkyl halides is 1. The van der Waals surface area contributed by atoms with E-state index in [1.54, 1.807) is 12.1 Å². The van der Waals surface area contributed by atoms with Crippen LogP contribution in [0.25, 0.3) is 0 Å². The van der Waals surface area contributed by atoms with Crippen molar-refractivity contribution in [2.24, 2.45) is 0 Å². The minimum Gasteiger partial charge on any atom is -0.257 e. The molecule has 1 rings (SSSR count). The van der Waals surface area contributed by atoms with Gasteiger partial charge in [0.25, 0.3) is 0 Å². The summed E-state index contributed by atoms with van der Waals surface area (Å²) in [6.07, 6.45) is 0.545. The van der Waals surface area contributed by atoms with E-state index in [9.17, 15) is 4.39 Å². The molecule has 1 nitrogen and oxygen atoms in total. The molecule has 12 heavy (non-hydrogen) atoms. The summed E-state index contributed by atoms with van der Waals surface area (Å²) >= 11 is 4.02. The van der Waals surface area contributed by atoms with Gasteiger partial charge in [-0.15, -0.1) is 12.6 Å². The Morgan fingerprint density at radius 3 is 2.33 bits per heavy atom. The topological polar surface area (TPSA) is 12.9 Å². The Kier molecular flexibility index (Phi) is 5.72. The van der Waals surface area contributed by atoms with Crippen LogP contribution in [0.2, 0.25) is 0 Å². The van der Waals surface area contributed by atoms with Crippen LogP contribution in [0.1, 0.15) is 32.6 Å². The fourth-order valence-electron chi connectivity index (χ4n) is 0.633. The van der Waals surface area contributed by atoms with E-state index < -0.39 is 6.17 Å². The molecule has 0 aliphatic carbocycles. The minimum absolute atomic E-state index is 0.456. The second-order valence-electron chi connectivity index (χ2n) is 2.06. The Morgan fingerprint density at radius 1 is 1.42 bits per heavy atom. The van der Waals surface area contributed by atoms with Crippen LogP contribution in [-0.2, 0) is 0 Å². The van der Waals surface area contributed by atoms with Crippen LogP contribution in [-0.4, -0.2) is 4.98 Å². The van der Waals surface area contributed by atoms with Gasteiger partial charge in [-0.3, -0.25) is 4.98 Å². The SMILES string of the molecule is CC.CC(F)c1ccc(S)cn1. The lowest BCUT2D eigenvalue weighted by atomic mass is 10.3. The van der Waals surface area contributed by atoms with Crippen molar-refractivity contribution in [3.63, 3.8) is 0 Å². The summed E-state index contributed by atoms with van der Waals surface area (Å²) in [7, 11) is 0. The Hall–Kier alpha value is -0.570. The quantitative estimate of drug-likeness (QED) is 0.665. The number of rotatable bonds is 1. The molecule has 0 aliphatic heterocycles. The number of nitrogens with zero attached hydrogens (tertiary/aromatic N) is 1. The summed E-state index contributed by atoms with van der Waals surface area (Å²) in [6, 6.07) is 3.36. The molecule has 3 heteroatoms. The molecule has 1 heterocycles. The summed E-state index contributed by atoms with van der Waals surface area (Å²) < 4.78 is 12.5. The van der Waals surface area contributed by atoms with E-state index in [0.29, 0.717) is 5.69 Å². The van der Waals surface area contributed by atoms with E-state index >= 15 is 0 Å². The second kappa shape index (κ2) is 6.00. The van der Waals surface area contributed by atoms with E-state index in [-0.39, 0.29) is 0 Å². The van der Waals surface area contributed by atoms with Gasteiger partial charge in [-0.2, -0.15) is 0 Å². The largest absolute Gasteiger partial charge is 0.257 e. The van der Waals surface area contributed by atoms with Crippen molar-refractivity contribution in [2.45, 2.75) is 31.8 Å². The highest BCUT2D eigenvalue weighted by atomic mass is 32.1. The molecule has 0 radical (unpaired) electrons. The predicted octanol–water partition coefficient (Wildman–Crippen LogP) is 3.43. The fraction of sp³-hybridized carbons (Fsp3) is 0.444. The molecule has 1 aromatic rings. The zero-order valence-corrected chi connectivity index (χ0v) is 8.48. The van der Waals surface area contributed by atoms with Crippen molar-refractivity contribution in [3.05, 3.63) is 24.0 Å². The second-order valence-corrected chi connectivity index (χ2v) is 2.57. The minimum atomic E-state index is -0.992. The Balaban J connectivity index is 0.000000561. The van der Waals surface area contributed by atoms with Crippen molar-refractivity contribution in [2.75, 3.05) is 0 Å². The molecule has 0 saturated carbocycles.